The van der Waals surface area contributed by atoms with Gasteiger partial charge in [-0.3, -0.25) is 9.69 Å². The van der Waals surface area contributed by atoms with Crippen LogP contribution in [-0.2, 0) is 17.8 Å². The van der Waals surface area contributed by atoms with Crippen molar-refractivity contribution in [2.75, 3.05) is 33.4 Å². The number of halogens is 1. The summed E-state index contributed by atoms with van der Waals surface area (Å²) in [5.41, 5.74) is 2.74. The first-order valence-corrected chi connectivity index (χ1v) is 9.44. The van der Waals surface area contributed by atoms with Gasteiger partial charge in [0.1, 0.15) is 5.75 Å². The summed E-state index contributed by atoms with van der Waals surface area (Å²) in [5, 5.41) is 2.97. The van der Waals surface area contributed by atoms with Crippen LogP contribution in [0.4, 0.5) is 0 Å². The highest BCUT2D eigenvalue weighted by Crippen LogP contribution is 2.22. The molecular weight excluding hydrogens is 396 g/mol. The van der Waals surface area contributed by atoms with E-state index in [-0.39, 0.29) is 5.91 Å². The molecule has 1 aliphatic heterocycles. The first kappa shape index (κ1) is 18.9. The van der Waals surface area contributed by atoms with Gasteiger partial charge < -0.3 is 14.8 Å². The van der Waals surface area contributed by atoms with Crippen molar-refractivity contribution < 1.29 is 14.3 Å². The van der Waals surface area contributed by atoms with Crippen LogP contribution in [0.3, 0.4) is 0 Å². The van der Waals surface area contributed by atoms with E-state index in [9.17, 15) is 4.79 Å². The lowest BCUT2D eigenvalue weighted by atomic mass is 10.1. The molecule has 1 N–H and O–H groups in total. The largest absolute Gasteiger partial charge is 0.496 e. The van der Waals surface area contributed by atoms with Crippen LogP contribution in [0.5, 0.6) is 5.75 Å². The minimum atomic E-state index is -0.0872. The predicted molar refractivity (Wildman–Crippen MR) is 104 cm³/mol. The van der Waals surface area contributed by atoms with Gasteiger partial charge in [-0.15, -0.1) is 0 Å². The number of hydrogen-bond donors (Lipinski definition) is 1. The molecule has 1 amide bonds. The van der Waals surface area contributed by atoms with Crippen molar-refractivity contribution in [1.82, 2.24) is 10.2 Å². The van der Waals surface area contributed by atoms with E-state index in [0.717, 1.165) is 54.2 Å². The highest BCUT2D eigenvalue weighted by atomic mass is 79.9. The van der Waals surface area contributed by atoms with Crippen LogP contribution in [0.15, 0.2) is 46.9 Å². The molecule has 0 saturated carbocycles. The number of rotatable bonds is 6. The molecule has 2 aromatic rings. The first-order chi connectivity index (χ1) is 12.7. The number of carbonyl (C=O) groups excluding carboxylic acids is 1. The second-order valence-electron chi connectivity index (χ2n) is 6.23. The topological polar surface area (TPSA) is 50.8 Å². The molecule has 6 heteroatoms. The Kier molecular flexibility index (Phi) is 6.66. The predicted octanol–water partition coefficient (Wildman–Crippen LogP) is 3.22. The molecule has 138 valence electrons. The third-order valence-corrected chi connectivity index (χ3v) is 4.87. The second kappa shape index (κ2) is 9.16. The second-order valence-corrected chi connectivity index (χ2v) is 7.14. The number of hydrogen-bond acceptors (Lipinski definition) is 4. The standard InChI is InChI=1S/C20H23BrN2O3/c1-25-19-6-5-18(21)12-17(19)13-22-20(24)16-4-2-3-15(11-16)14-23-7-9-26-10-8-23/h2-6,11-12H,7-10,13-14H2,1H3,(H,22,24). The molecule has 26 heavy (non-hydrogen) atoms. The fraction of sp³-hybridized carbons (Fsp3) is 0.350. The maximum Gasteiger partial charge on any atom is 0.251 e. The van der Waals surface area contributed by atoms with Crippen molar-refractivity contribution >= 4 is 21.8 Å². The number of nitrogens with one attached hydrogen (secondary N) is 1. The molecule has 1 fully saturated rings. The van der Waals surface area contributed by atoms with Crippen LogP contribution >= 0.6 is 15.9 Å². The van der Waals surface area contributed by atoms with Crippen molar-refractivity contribution in [2.24, 2.45) is 0 Å². The van der Waals surface area contributed by atoms with Gasteiger partial charge in [0.05, 0.1) is 20.3 Å². The van der Waals surface area contributed by atoms with Gasteiger partial charge in [0.25, 0.3) is 5.91 Å². The number of methoxy groups -OCH3 is 1. The van der Waals surface area contributed by atoms with E-state index in [2.05, 4.69) is 32.2 Å². The fourth-order valence-corrected chi connectivity index (χ4v) is 3.40. The molecule has 0 radical (unpaired) electrons. The number of carbonyl (C=O) groups is 1. The van der Waals surface area contributed by atoms with Crippen molar-refractivity contribution in [3.63, 3.8) is 0 Å². The molecule has 0 unspecified atom stereocenters. The fourth-order valence-electron chi connectivity index (χ4n) is 2.99. The number of amides is 1. The molecule has 5 nitrogen and oxygen atoms in total. The molecule has 0 aromatic heterocycles. The summed E-state index contributed by atoms with van der Waals surface area (Å²) in [6, 6.07) is 13.6. The van der Waals surface area contributed by atoms with E-state index in [0.29, 0.717) is 12.1 Å². The van der Waals surface area contributed by atoms with Gasteiger partial charge in [0.2, 0.25) is 0 Å². The summed E-state index contributed by atoms with van der Waals surface area (Å²) in [5.74, 6) is 0.672. The zero-order valence-corrected chi connectivity index (χ0v) is 16.4. The maximum absolute atomic E-state index is 12.5. The van der Waals surface area contributed by atoms with Crippen LogP contribution < -0.4 is 10.1 Å². The van der Waals surface area contributed by atoms with Crippen LogP contribution in [0, 0.1) is 0 Å². The Morgan fingerprint density at radius 3 is 2.81 bits per heavy atom. The highest BCUT2D eigenvalue weighted by molar-refractivity contribution is 9.10. The molecule has 0 aliphatic carbocycles. The van der Waals surface area contributed by atoms with Gasteiger partial charge >= 0.3 is 0 Å². The molecule has 1 heterocycles. The highest BCUT2D eigenvalue weighted by Gasteiger charge is 2.13. The Balaban J connectivity index is 1.63. The van der Waals surface area contributed by atoms with Crippen molar-refractivity contribution in [2.45, 2.75) is 13.1 Å². The van der Waals surface area contributed by atoms with E-state index < -0.39 is 0 Å². The Hall–Kier alpha value is -1.89. The molecular formula is C20H23BrN2O3. The number of benzene rings is 2. The van der Waals surface area contributed by atoms with Gasteiger partial charge in [0.15, 0.2) is 0 Å². The summed E-state index contributed by atoms with van der Waals surface area (Å²) >= 11 is 3.45. The number of nitrogens with zero attached hydrogens (tertiary/aromatic N) is 1. The smallest absolute Gasteiger partial charge is 0.251 e. The monoisotopic (exact) mass is 418 g/mol. The summed E-state index contributed by atoms with van der Waals surface area (Å²) in [6.07, 6.45) is 0. The minimum absolute atomic E-state index is 0.0872. The average molecular weight is 419 g/mol. The van der Waals surface area contributed by atoms with E-state index in [1.165, 1.54) is 0 Å². The Morgan fingerprint density at radius 1 is 1.23 bits per heavy atom. The maximum atomic E-state index is 12.5. The van der Waals surface area contributed by atoms with Crippen LogP contribution in [-0.4, -0.2) is 44.2 Å². The van der Waals surface area contributed by atoms with Crippen molar-refractivity contribution in [1.29, 1.82) is 0 Å². The van der Waals surface area contributed by atoms with Crippen molar-refractivity contribution in [3.8, 4) is 5.75 Å². The summed E-state index contributed by atoms with van der Waals surface area (Å²) in [4.78, 5) is 14.9. The van der Waals surface area contributed by atoms with Crippen LogP contribution in [0.25, 0.3) is 0 Å². The normalized spacial score (nSPS) is 14.8. The van der Waals surface area contributed by atoms with Gasteiger partial charge in [-0.2, -0.15) is 0 Å². The quantitative estimate of drug-likeness (QED) is 0.782. The minimum Gasteiger partial charge on any atom is -0.496 e. The van der Waals surface area contributed by atoms with Gasteiger partial charge in [0, 0.05) is 41.8 Å². The van der Waals surface area contributed by atoms with E-state index in [1.807, 2.05) is 36.4 Å². The number of morpholine rings is 1. The van der Waals surface area contributed by atoms with Gasteiger partial charge in [-0.1, -0.05) is 28.1 Å². The molecule has 0 spiro atoms. The third-order valence-electron chi connectivity index (χ3n) is 4.38. The Morgan fingerprint density at radius 2 is 2.04 bits per heavy atom. The van der Waals surface area contributed by atoms with E-state index in [1.54, 1.807) is 7.11 Å². The van der Waals surface area contributed by atoms with Gasteiger partial charge in [-0.05, 0) is 35.9 Å². The average Bonchev–Trinajstić information content (AvgIpc) is 2.67. The molecule has 2 aromatic carbocycles. The molecule has 1 saturated heterocycles. The van der Waals surface area contributed by atoms with Gasteiger partial charge in [-0.25, -0.2) is 0 Å². The van der Waals surface area contributed by atoms with Crippen LogP contribution in [0.2, 0.25) is 0 Å². The SMILES string of the molecule is COc1ccc(Br)cc1CNC(=O)c1cccc(CN2CCOCC2)c1. The Labute approximate surface area is 162 Å². The summed E-state index contributed by atoms with van der Waals surface area (Å²) < 4.78 is 11.7. The Bertz CT molecular complexity index is 760. The van der Waals surface area contributed by atoms with E-state index >= 15 is 0 Å². The zero-order valence-electron chi connectivity index (χ0n) is 14.8. The lowest BCUT2D eigenvalue weighted by molar-refractivity contribution is 0.0342. The zero-order chi connectivity index (χ0) is 18.4. The molecule has 1 aliphatic rings. The van der Waals surface area contributed by atoms with Crippen molar-refractivity contribution in [3.05, 3.63) is 63.6 Å². The number of ether oxygens (including phenoxy) is 2. The first-order valence-electron chi connectivity index (χ1n) is 8.65. The lowest BCUT2D eigenvalue weighted by Gasteiger charge is -2.26. The summed E-state index contributed by atoms with van der Waals surface area (Å²) in [7, 11) is 1.63. The van der Waals surface area contributed by atoms with E-state index in [4.69, 9.17) is 9.47 Å². The summed E-state index contributed by atoms with van der Waals surface area (Å²) in [6.45, 7) is 4.65. The third kappa shape index (κ3) is 5.06. The molecule has 0 atom stereocenters. The van der Waals surface area contributed by atoms with Crippen LogP contribution in [0.1, 0.15) is 21.5 Å². The molecule has 3 rings (SSSR count). The lowest BCUT2D eigenvalue weighted by Crippen LogP contribution is -2.35. The molecule has 0 bridgehead atoms.